The van der Waals surface area contributed by atoms with Crippen LogP contribution >= 0.6 is 11.8 Å². The monoisotopic (exact) mass is 417 g/mol. The molecular weight excluding hydrogens is 394 g/mol. The van der Waals surface area contributed by atoms with Crippen LogP contribution in [-0.2, 0) is 18.3 Å². The molecule has 0 saturated carbocycles. The van der Waals surface area contributed by atoms with Crippen molar-refractivity contribution in [2.24, 2.45) is 7.05 Å². The minimum atomic E-state index is -0.410. The van der Waals surface area contributed by atoms with E-state index in [2.05, 4.69) is 17.2 Å². The number of nitrogens with one attached hydrogen (secondary N) is 1. The van der Waals surface area contributed by atoms with Crippen LogP contribution in [0.5, 0.6) is 0 Å². The van der Waals surface area contributed by atoms with Crippen molar-refractivity contribution in [3.05, 3.63) is 76.6 Å². The molecule has 0 fully saturated rings. The first-order valence-electron chi connectivity index (χ1n) is 9.92. The summed E-state index contributed by atoms with van der Waals surface area (Å²) in [5.41, 5.74) is 2.51. The number of nitrogens with zero attached hydrogens (tertiary/aromatic N) is 2. The highest BCUT2D eigenvalue weighted by atomic mass is 32.2. The molecule has 0 radical (unpaired) electrons. The quantitative estimate of drug-likeness (QED) is 0.289. The van der Waals surface area contributed by atoms with E-state index in [0.29, 0.717) is 16.1 Å². The Morgan fingerprint density at radius 2 is 1.77 bits per heavy atom. The zero-order valence-electron chi connectivity index (χ0n) is 17.2. The molecule has 4 rings (SSSR count). The molecule has 1 amide bonds. The summed E-state index contributed by atoms with van der Waals surface area (Å²) in [6, 6.07) is 19.5. The van der Waals surface area contributed by atoms with Crippen LogP contribution in [0, 0.1) is 0 Å². The van der Waals surface area contributed by atoms with Crippen LogP contribution in [0.25, 0.3) is 21.7 Å². The molecule has 3 aromatic carbocycles. The molecule has 0 bridgehead atoms. The minimum Gasteiger partial charge on any atom is -0.325 e. The molecule has 1 heterocycles. The molecule has 0 unspecified atom stereocenters. The van der Waals surface area contributed by atoms with E-state index in [4.69, 9.17) is 0 Å². The summed E-state index contributed by atoms with van der Waals surface area (Å²) in [5, 5.41) is 5.66. The van der Waals surface area contributed by atoms with Crippen molar-refractivity contribution in [2.75, 3.05) is 5.32 Å². The average Bonchev–Trinajstić information content (AvgIpc) is 2.76. The number of fused-ring (bicyclic) bond motifs is 2. The maximum Gasteiger partial charge on any atom is 0.261 e. The highest BCUT2D eigenvalue weighted by Crippen LogP contribution is 2.25. The fourth-order valence-corrected chi connectivity index (χ4v) is 4.20. The summed E-state index contributed by atoms with van der Waals surface area (Å²) < 4.78 is 1.52. The molecule has 0 spiro atoms. The van der Waals surface area contributed by atoms with Crippen molar-refractivity contribution in [1.82, 2.24) is 9.55 Å². The summed E-state index contributed by atoms with van der Waals surface area (Å²) in [6.07, 6.45) is 0.956. The van der Waals surface area contributed by atoms with Crippen LogP contribution in [0.15, 0.2) is 70.6 Å². The maximum atomic E-state index is 12.9. The number of carbonyl (C=O) groups is 1. The Morgan fingerprint density at radius 1 is 1.10 bits per heavy atom. The largest absolute Gasteiger partial charge is 0.325 e. The minimum absolute atomic E-state index is 0.115. The number of benzene rings is 3. The Labute approximate surface area is 179 Å². The predicted molar refractivity (Wildman–Crippen MR) is 124 cm³/mol. The van der Waals surface area contributed by atoms with Crippen molar-refractivity contribution < 1.29 is 4.79 Å². The summed E-state index contributed by atoms with van der Waals surface area (Å²) >= 11 is 1.28. The molecule has 30 heavy (non-hydrogen) atoms. The number of aromatic nitrogens is 2. The molecule has 1 aromatic heterocycles. The first kappa shape index (κ1) is 20.2. The van der Waals surface area contributed by atoms with E-state index < -0.39 is 5.25 Å². The molecule has 0 aliphatic carbocycles. The Kier molecular flexibility index (Phi) is 5.59. The molecule has 4 aromatic rings. The maximum absolute atomic E-state index is 12.9. The van der Waals surface area contributed by atoms with E-state index in [-0.39, 0.29) is 11.5 Å². The Morgan fingerprint density at radius 3 is 2.43 bits per heavy atom. The zero-order valence-corrected chi connectivity index (χ0v) is 18.0. The van der Waals surface area contributed by atoms with Gasteiger partial charge in [0.05, 0.1) is 16.2 Å². The number of hydrogen-bond acceptors (Lipinski definition) is 4. The van der Waals surface area contributed by atoms with Crippen LogP contribution in [0.1, 0.15) is 19.4 Å². The van der Waals surface area contributed by atoms with Gasteiger partial charge in [0.15, 0.2) is 5.16 Å². The molecule has 152 valence electrons. The molecule has 6 heteroatoms. The van der Waals surface area contributed by atoms with Gasteiger partial charge in [-0.15, -0.1) is 0 Å². The topological polar surface area (TPSA) is 64.0 Å². The first-order valence-corrected chi connectivity index (χ1v) is 10.8. The van der Waals surface area contributed by atoms with Gasteiger partial charge in [0.25, 0.3) is 5.56 Å². The van der Waals surface area contributed by atoms with Gasteiger partial charge < -0.3 is 5.32 Å². The van der Waals surface area contributed by atoms with Gasteiger partial charge in [0, 0.05) is 12.7 Å². The summed E-state index contributed by atoms with van der Waals surface area (Å²) in [7, 11) is 1.69. The average molecular weight is 418 g/mol. The number of anilines is 1. The van der Waals surface area contributed by atoms with Crippen molar-refractivity contribution >= 4 is 45.0 Å². The zero-order chi connectivity index (χ0) is 21.3. The first-order chi connectivity index (χ1) is 14.5. The number of aryl methyl sites for hydroxylation is 1. The van der Waals surface area contributed by atoms with Gasteiger partial charge in [0.1, 0.15) is 0 Å². The lowest BCUT2D eigenvalue weighted by Crippen LogP contribution is -2.25. The lowest BCUT2D eigenvalue weighted by Gasteiger charge is -2.14. The van der Waals surface area contributed by atoms with Crippen LogP contribution in [0.4, 0.5) is 5.69 Å². The number of carbonyl (C=O) groups excluding carboxylic acids is 1. The summed E-state index contributed by atoms with van der Waals surface area (Å²) in [5.74, 6) is -0.128. The lowest BCUT2D eigenvalue weighted by molar-refractivity contribution is -0.115. The van der Waals surface area contributed by atoms with Crippen LogP contribution in [0.3, 0.4) is 0 Å². The molecule has 0 aliphatic rings. The van der Waals surface area contributed by atoms with Crippen LogP contribution in [0.2, 0.25) is 0 Å². The summed E-state index contributed by atoms with van der Waals surface area (Å²) in [4.78, 5) is 30.2. The van der Waals surface area contributed by atoms with Gasteiger partial charge >= 0.3 is 0 Å². The molecule has 1 N–H and O–H groups in total. The highest BCUT2D eigenvalue weighted by Gasteiger charge is 2.18. The van der Waals surface area contributed by atoms with E-state index in [1.165, 1.54) is 21.9 Å². The number of amides is 1. The van der Waals surface area contributed by atoms with Crippen LogP contribution in [-0.4, -0.2) is 20.7 Å². The van der Waals surface area contributed by atoms with Crippen molar-refractivity contribution in [3.8, 4) is 0 Å². The van der Waals surface area contributed by atoms with Gasteiger partial charge in [-0.2, -0.15) is 0 Å². The molecule has 0 aliphatic heterocycles. The van der Waals surface area contributed by atoms with E-state index in [0.717, 1.165) is 22.9 Å². The van der Waals surface area contributed by atoms with E-state index in [1.54, 1.807) is 7.05 Å². The standard InChI is InChI=1S/C24H23N3O2S/c1-4-16-9-11-19(12-10-16)25-22(28)15(2)30-24-26-21-14-18-8-6-5-7-17(18)13-20(21)23(29)27(24)3/h5-15H,4H2,1-3H3,(H,25,28)/t15-/m1/s1. The Balaban J connectivity index is 1.60. The van der Waals surface area contributed by atoms with Gasteiger partial charge in [-0.1, -0.05) is 55.1 Å². The second-order valence-electron chi connectivity index (χ2n) is 7.27. The third-order valence-electron chi connectivity index (χ3n) is 5.18. The Hall–Kier alpha value is -3.12. The van der Waals surface area contributed by atoms with E-state index in [9.17, 15) is 9.59 Å². The lowest BCUT2D eigenvalue weighted by atomic mass is 10.1. The van der Waals surface area contributed by atoms with Gasteiger partial charge in [-0.05, 0) is 53.9 Å². The van der Waals surface area contributed by atoms with Crippen LogP contribution < -0.4 is 10.9 Å². The summed E-state index contributed by atoms with van der Waals surface area (Å²) in [6.45, 7) is 3.91. The predicted octanol–water partition coefficient (Wildman–Crippen LogP) is 4.77. The third-order valence-corrected chi connectivity index (χ3v) is 6.33. The van der Waals surface area contributed by atoms with E-state index in [1.807, 2.05) is 67.6 Å². The number of hydrogen-bond donors (Lipinski definition) is 1. The van der Waals surface area contributed by atoms with Crippen molar-refractivity contribution in [1.29, 1.82) is 0 Å². The smallest absolute Gasteiger partial charge is 0.261 e. The number of rotatable bonds is 5. The Bertz CT molecular complexity index is 1300. The SMILES string of the molecule is CCc1ccc(NC(=O)[C@@H](C)Sc2nc3cc4ccccc4cc3c(=O)n2C)cc1. The number of thioether (sulfide) groups is 1. The van der Waals surface area contributed by atoms with Crippen molar-refractivity contribution in [2.45, 2.75) is 30.7 Å². The normalized spacial score (nSPS) is 12.2. The molecule has 5 nitrogen and oxygen atoms in total. The molecule has 1 atom stereocenters. The second-order valence-corrected chi connectivity index (χ2v) is 8.58. The van der Waals surface area contributed by atoms with Gasteiger partial charge in [-0.25, -0.2) is 4.98 Å². The molecular formula is C24H23N3O2S. The highest BCUT2D eigenvalue weighted by molar-refractivity contribution is 8.00. The fourth-order valence-electron chi connectivity index (χ4n) is 3.32. The van der Waals surface area contributed by atoms with Gasteiger partial charge in [0.2, 0.25) is 5.91 Å². The second kappa shape index (κ2) is 8.32. The van der Waals surface area contributed by atoms with E-state index >= 15 is 0 Å². The van der Waals surface area contributed by atoms with Gasteiger partial charge in [-0.3, -0.25) is 14.2 Å². The van der Waals surface area contributed by atoms with Crippen molar-refractivity contribution in [3.63, 3.8) is 0 Å². The fraction of sp³-hybridized carbons (Fsp3) is 0.208. The third kappa shape index (κ3) is 3.96. The molecule has 0 saturated heterocycles.